The Labute approximate surface area is 185 Å². The molecule has 0 bridgehead atoms. The number of aromatic nitrogens is 2. The van der Waals surface area contributed by atoms with E-state index in [2.05, 4.69) is 55.2 Å². The van der Waals surface area contributed by atoms with Crippen LogP contribution in [0.3, 0.4) is 0 Å². The number of fused-ring (bicyclic) bond motifs is 3. The van der Waals surface area contributed by atoms with Gasteiger partial charge in [0.05, 0.1) is 10.9 Å². The Morgan fingerprint density at radius 2 is 1.69 bits per heavy atom. The van der Waals surface area contributed by atoms with E-state index in [4.69, 9.17) is 4.42 Å². The van der Waals surface area contributed by atoms with E-state index < -0.39 is 11.8 Å². The van der Waals surface area contributed by atoms with Crippen LogP contribution in [0.4, 0.5) is 8.78 Å². The van der Waals surface area contributed by atoms with Crippen LogP contribution in [-0.2, 0) is 7.05 Å². The van der Waals surface area contributed by atoms with Gasteiger partial charge in [-0.05, 0) is 35.1 Å². The Kier molecular flexibility index (Phi) is 4.77. The zero-order valence-corrected chi connectivity index (χ0v) is 18.4. The van der Waals surface area contributed by atoms with Crippen molar-refractivity contribution in [2.75, 3.05) is 0 Å². The molecule has 3 heterocycles. The quantitative estimate of drug-likeness (QED) is 0.232. The highest BCUT2D eigenvalue weighted by Gasteiger charge is 2.23. The third kappa shape index (κ3) is 3.25. The summed E-state index contributed by atoms with van der Waals surface area (Å²) >= 11 is 0. The Balaban J connectivity index is 1.74. The smallest absolute Gasteiger partial charge is 0.232 e. The fraction of sp³-hybridized carbons (Fsp3) is 0.185. The number of benzene rings is 2. The van der Waals surface area contributed by atoms with Crippen molar-refractivity contribution < 1.29 is 17.8 Å². The minimum absolute atomic E-state index is 0.0348. The van der Waals surface area contributed by atoms with Crippen molar-refractivity contribution in [2.45, 2.75) is 26.7 Å². The molecule has 5 aromatic rings. The van der Waals surface area contributed by atoms with Gasteiger partial charge in [0.2, 0.25) is 17.4 Å². The summed E-state index contributed by atoms with van der Waals surface area (Å²) in [4.78, 5) is 3.77. The zero-order chi connectivity index (χ0) is 22.6. The van der Waals surface area contributed by atoms with Gasteiger partial charge in [-0.2, -0.15) is 9.37 Å². The van der Waals surface area contributed by atoms with Gasteiger partial charge in [0.15, 0.2) is 11.8 Å². The van der Waals surface area contributed by atoms with Gasteiger partial charge in [0.1, 0.15) is 12.9 Å². The number of furan rings is 1. The summed E-state index contributed by atoms with van der Waals surface area (Å²) in [5, 5.41) is 0.781. The molecule has 0 saturated carbocycles. The normalized spacial score (nSPS) is 11.7. The Bertz CT molecular complexity index is 1480. The van der Waals surface area contributed by atoms with Gasteiger partial charge < -0.3 is 4.42 Å². The van der Waals surface area contributed by atoms with Crippen molar-refractivity contribution in [1.82, 2.24) is 4.98 Å². The van der Waals surface area contributed by atoms with Crippen molar-refractivity contribution in [3.8, 4) is 22.4 Å². The highest BCUT2D eigenvalue weighted by molar-refractivity contribution is 6.09. The summed E-state index contributed by atoms with van der Waals surface area (Å²) in [7, 11) is 1.96. The first-order chi connectivity index (χ1) is 15.3. The topological polar surface area (TPSA) is 29.9 Å². The maximum Gasteiger partial charge on any atom is 0.232 e. The molecule has 3 nitrogen and oxygen atoms in total. The number of aryl methyl sites for hydroxylation is 2. The van der Waals surface area contributed by atoms with Crippen molar-refractivity contribution in [2.24, 2.45) is 7.05 Å². The third-order valence-electron chi connectivity index (χ3n) is 6.06. The van der Waals surface area contributed by atoms with Crippen molar-refractivity contribution in [3.05, 3.63) is 83.7 Å². The van der Waals surface area contributed by atoms with Crippen LogP contribution in [0, 0.1) is 18.7 Å². The van der Waals surface area contributed by atoms with E-state index in [-0.39, 0.29) is 11.1 Å². The lowest BCUT2D eigenvalue weighted by molar-refractivity contribution is -0.660. The molecule has 0 radical (unpaired) electrons. The molecule has 5 heteroatoms. The van der Waals surface area contributed by atoms with Crippen molar-refractivity contribution in [3.63, 3.8) is 0 Å². The maximum absolute atomic E-state index is 14.6. The molecule has 0 spiro atoms. The van der Waals surface area contributed by atoms with Crippen LogP contribution < -0.4 is 4.57 Å². The number of pyridine rings is 2. The molecule has 0 aliphatic carbocycles. The highest BCUT2D eigenvalue weighted by Crippen LogP contribution is 2.38. The van der Waals surface area contributed by atoms with Gasteiger partial charge in [-0.3, -0.25) is 0 Å². The first-order valence-electron chi connectivity index (χ1n) is 10.6. The van der Waals surface area contributed by atoms with Gasteiger partial charge in [0.25, 0.3) is 0 Å². The fourth-order valence-electron chi connectivity index (χ4n) is 4.24. The summed E-state index contributed by atoms with van der Waals surface area (Å²) in [6.07, 6.45) is 2.00. The second kappa shape index (κ2) is 7.52. The molecule has 5 rings (SSSR count). The minimum atomic E-state index is -0.898. The molecule has 0 amide bonds. The van der Waals surface area contributed by atoms with Crippen molar-refractivity contribution in [1.29, 1.82) is 0 Å². The number of halogens is 2. The molecular weight excluding hydrogens is 406 g/mol. The van der Waals surface area contributed by atoms with Crippen LogP contribution in [0.1, 0.15) is 30.9 Å². The SMILES string of the molecule is Cc1ccc2c(oc3nc(F)cc(F)c32)c1-c1cc(-c2ccc(C(C)C)cc2)cc[n+]1C. The molecule has 0 saturated heterocycles. The third-order valence-corrected chi connectivity index (χ3v) is 6.06. The molecule has 2 aromatic carbocycles. The van der Waals surface area contributed by atoms with Crippen LogP contribution in [0.25, 0.3) is 44.5 Å². The average molecular weight is 429 g/mol. The van der Waals surface area contributed by atoms with E-state index in [0.29, 0.717) is 16.9 Å². The van der Waals surface area contributed by atoms with Gasteiger partial charge in [-0.25, -0.2) is 8.96 Å². The molecule has 32 heavy (non-hydrogen) atoms. The summed E-state index contributed by atoms with van der Waals surface area (Å²) in [6.45, 7) is 6.34. The summed E-state index contributed by atoms with van der Waals surface area (Å²) in [5.41, 5.74) is 6.66. The summed E-state index contributed by atoms with van der Waals surface area (Å²) in [5.74, 6) is -1.10. The average Bonchev–Trinajstić information content (AvgIpc) is 3.13. The van der Waals surface area contributed by atoms with Crippen LogP contribution in [0.15, 0.2) is 65.2 Å². The van der Waals surface area contributed by atoms with Crippen LogP contribution >= 0.6 is 0 Å². The molecule has 0 N–H and O–H groups in total. The molecule has 0 atom stereocenters. The van der Waals surface area contributed by atoms with Gasteiger partial charge >= 0.3 is 0 Å². The molecule has 0 unspecified atom stereocenters. The Hall–Kier alpha value is -3.60. The lowest BCUT2D eigenvalue weighted by atomic mass is 9.96. The Morgan fingerprint density at radius 3 is 2.41 bits per heavy atom. The molecule has 0 aliphatic rings. The second-order valence-electron chi connectivity index (χ2n) is 8.53. The van der Waals surface area contributed by atoms with Gasteiger partial charge in [-0.1, -0.05) is 50.2 Å². The van der Waals surface area contributed by atoms with Crippen LogP contribution in [-0.4, -0.2) is 4.98 Å². The minimum Gasteiger partial charge on any atom is -0.437 e. The number of hydrogen-bond donors (Lipinski definition) is 0. The van der Waals surface area contributed by atoms with Gasteiger partial charge in [-0.15, -0.1) is 0 Å². The van der Waals surface area contributed by atoms with Crippen molar-refractivity contribution >= 4 is 22.1 Å². The lowest BCUT2D eigenvalue weighted by Gasteiger charge is -2.09. The molecule has 0 fully saturated rings. The standard InChI is InChI=1S/C27H23F2N2O/c1-15(2)17-6-8-18(9-7-17)19-11-12-31(4)22(13-19)24-16(3)5-10-20-25-21(28)14-23(29)30-27(25)32-26(20)24/h5-15H,1-4H3/q+1. The van der Waals surface area contributed by atoms with E-state index in [9.17, 15) is 8.78 Å². The zero-order valence-electron chi connectivity index (χ0n) is 18.4. The maximum atomic E-state index is 14.6. The predicted molar refractivity (Wildman–Crippen MR) is 122 cm³/mol. The van der Waals surface area contributed by atoms with E-state index >= 15 is 0 Å². The van der Waals surface area contributed by atoms with Gasteiger partial charge in [0, 0.05) is 23.6 Å². The highest BCUT2D eigenvalue weighted by atomic mass is 19.1. The second-order valence-corrected chi connectivity index (χ2v) is 8.53. The number of nitrogens with zero attached hydrogens (tertiary/aromatic N) is 2. The number of hydrogen-bond acceptors (Lipinski definition) is 2. The molecule has 3 aromatic heterocycles. The van der Waals surface area contributed by atoms with E-state index in [1.807, 2.05) is 30.8 Å². The summed E-state index contributed by atoms with van der Waals surface area (Å²) < 4.78 is 36.2. The largest absolute Gasteiger partial charge is 0.437 e. The van der Waals surface area contributed by atoms with E-state index in [0.717, 1.165) is 34.0 Å². The number of rotatable bonds is 3. The summed E-state index contributed by atoms with van der Waals surface area (Å²) in [6, 6.07) is 17.3. The molecule has 160 valence electrons. The lowest BCUT2D eigenvalue weighted by Crippen LogP contribution is -2.30. The Morgan fingerprint density at radius 1 is 0.938 bits per heavy atom. The van der Waals surface area contributed by atoms with E-state index in [1.54, 1.807) is 6.07 Å². The molecular formula is C27H23F2N2O+. The van der Waals surface area contributed by atoms with E-state index in [1.165, 1.54) is 5.56 Å². The van der Waals surface area contributed by atoms with Crippen LogP contribution in [0.2, 0.25) is 0 Å². The van der Waals surface area contributed by atoms with Crippen LogP contribution in [0.5, 0.6) is 0 Å². The first-order valence-corrected chi connectivity index (χ1v) is 10.6. The monoisotopic (exact) mass is 429 g/mol. The molecule has 0 aliphatic heterocycles. The first kappa shape index (κ1) is 20.3. The predicted octanol–water partition coefficient (Wildman–Crippen LogP) is 6.85. The fourth-order valence-corrected chi connectivity index (χ4v) is 4.24.